The van der Waals surface area contributed by atoms with Crippen LogP contribution in [0.5, 0.6) is 0 Å². The molecule has 0 aliphatic rings. The highest BCUT2D eigenvalue weighted by Gasteiger charge is 2.35. The summed E-state index contributed by atoms with van der Waals surface area (Å²) >= 11 is 0. The molecule has 0 unspecified atom stereocenters. The third-order valence-corrected chi connectivity index (χ3v) is 3.99. The highest BCUT2D eigenvalue weighted by molar-refractivity contribution is 5.92. The van der Waals surface area contributed by atoms with E-state index in [1.54, 1.807) is 19.3 Å². The Morgan fingerprint density at radius 3 is 2.68 bits per heavy atom. The number of carbonyl (C=O) groups is 1. The lowest BCUT2D eigenvalue weighted by atomic mass is 10.2. The third-order valence-electron chi connectivity index (χ3n) is 3.99. The zero-order valence-corrected chi connectivity index (χ0v) is 15.3. The van der Waals surface area contributed by atoms with E-state index in [2.05, 4.69) is 25.5 Å². The molecule has 0 bridgehead atoms. The maximum atomic E-state index is 12.8. The van der Waals surface area contributed by atoms with Crippen molar-refractivity contribution in [1.29, 1.82) is 0 Å². The number of rotatable bonds is 5. The number of hydrogen-bond acceptors (Lipinski definition) is 6. The number of carbonyl (C=O) groups excluding carboxylic acids is 1. The fourth-order valence-electron chi connectivity index (χ4n) is 2.56. The van der Waals surface area contributed by atoms with Crippen molar-refractivity contribution in [2.45, 2.75) is 32.5 Å². The summed E-state index contributed by atoms with van der Waals surface area (Å²) in [4.78, 5) is 20.8. The number of halogens is 3. The lowest BCUT2D eigenvalue weighted by Gasteiger charge is -2.12. The molecule has 0 saturated heterocycles. The lowest BCUT2D eigenvalue weighted by Crippen LogP contribution is -2.30. The van der Waals surface area contributed by atoms with Crippen LogP contribution < -0.4 is 5.32 Å². The van der Waals surface area contributed by atoms with Crippen molar-refractivity contribution in [3.05, 3.63) is 47.4 Å². The van der Waals surface area contributed by atoms with Gasteiger partial charge in [-0.05, 0) is 25.0 Å². The summed E-state index contributed by atoms with van der Waals surface area (Å²) in [5, 5.41) is 9.82. The molecular formula is C17H17F3N6O2. The molecule has 1 amide bonds. The van der Waals surface area contributed by atoms with Crippen molar-refractivity contribution in [3.8, 4) is 11.4 Å². The molecule has 148 valence electrons. The Balaban J connectivity index is 1.80. The number of nitrogens with one attached hydrogen (secondary N) is 1. The number of amides is 1. The summed E-state index contributed by atoms with van der Waals surface area (Å²) in [5.74, 6) is -0.279. The fraction of sp³-hybridized carbons (Fsp3) is 0.353. The number of aryl methyl sites for hydroxylation is 2. The molecule has 8 nitrogen and oxygen atoms in total. The standard InChI is InChI=1S/C17H17F3N6O2/c1-4-11(16-23-14(25-28-16)10-5-9(2)7-21-8-10)22-15(27)12-6-13(17(18,19)20)24-26(12)3/h5-8,11H,4H2,1-3H3,(H,22,27)/t11-/m0/s1. The van der Waals surface area contributed by atoms with E-state index in [0.717, 1.165) is 10.2 Å². The van der Waals surface area contributed by atoms with Crippen LogP contribution in [-0.4, -0.2) is 30.8 Å². The first-order valence-corrected chi connectivity index (χ1v) is 8.36. The van der Waals surface area contributed by atoms with Gasteiger partial charge in [-0.1, -0.05) is 12.1 Å². The minimum Gasteiger partial charge on any atom is -0.339 e. The van der Waals surface area contributed by atoms with Gasteiger partial charge < -0.3 is 9.84 Å². The summed E-state index contributed by atoms with van der Waals surface area (Å²) in [6.45, 7) is 3.64. The largest absolute Gasteiger partial charge is 0.435 e. The molecule has 3 rings (SSSR count). The Morgan fingerprint density at radius 1 is 1.32 bits per heavy atom. The van der Waals surface area contributed by atoms with Gasteiger partial charge >= 0.3 is 6.18 Å². The first kappa shape index (κ1) is 19.5. The first-order valence-electron chi connectivity index (χ1n) is 8.36. The third kappa shape index (κ3) is 4.02. The van der Waals surface area contributed by atoms with Crippen LogP contribution in [0.2, 0.25) is 0 Å². The number of aromatic nitrogens is 5. The fourth-order valence-corrected chi connectivity index (χ4v) is 2.56. The molecule has 3 aromatic heterocycles. The predicted octanol–water partition coefficient (Wildman–Crippen LogP) is 3.07. The van der Waals surface area contributed by atoms with E-state index in [4.69, 9.17) is 4.52 Å². The second-order valence-corrected chi connectivity index (χ2v) is 6.18. The van der Waals surface area contributed by atoms with Gasteiger partial charge in [-0.15, -0.1) is 0 Å². The molecular weight excluding hydrogens is 377 g/mol. The zero-order chi connectivity index (χ0) is 20.5. The van der Waals surface area contributed by atoms with Crippen LogP contribution in [0.15, 0.2) is 29.0 Å². The first-order chi connectivity index (χ1) is 13.2. The maximum absolute atomic E-state index is 12.8. The number of alkyl halides is 3. The van der Waals surface area contributed by atoms with E-state index < -0.39 is 23.8 Å². The number of hydrogen-bond donors (Lipinski definition) is 1. The van der Waals surface area contributed by atoms with E-state index in [-0.39, 0.29) is 11.6 Å². The van der Waals surface area contributed by atoms with Gasteiger partial charge in [0.05, 0.1) is 0 Å². The normalized spacial score (nSPS) is 12.8. The van der Waals surface area contributed by atoms with E-state index in [0.29, 0.717) is 23.9 Å². The van der Waals surface area contributed by atoms with Crippen molar-refractivity contribution >= 4 is 5.91 Å². The minimum atomic E-state index is -4.64. The smallest absolute Gasteiger partial charge is 0.339 e. The van der Waals surface area contributed by atoms with Gasteiger partial charge in [0.15, 0.2) is 5.69 Å². The van der Waals surface area contributed by atoms with E-state index in [9.17, 15) is 18.0 Å². The van der Waals surface area contributed by atoms with Crippen LogP contribution in [0.1, 0.15) is 47.0 Å². The monoisotopic (exact) mass is 394 g/mol. The highest BCUT2D eigenvalue weighted by Crippen LogP contribution is 2.28. The summed E-state index contributed by atoms with van der Waals surface area (Å²) in [6, 6.07) is 1.85. The summed E-state index contributed by atoms with van der Waals surface area (Å²) < 4.78 is 44.5. The van der Waals surface area contributed by atoms with Gasteiger partial charge in [-0.3, -0.25) is 14.5 Å². The molecule has 0 aliphatic heterocycles. The molecule has 0 fully saturated rings. The van der Waals surface area contributed by atoms with E-state index in [1.165, 1.54) is 7.05 Å². The van der Waals surface area contributed by atoms with Crippen LogP contribution in [-0.2, 0) is 13.2 Å². The van der Waals surface area contributed by atoms with Crippen LogP contribution >= 0.6 is 0 Å². The second-order valence-electron chi connectivity index (χ2n) is 6.18. The summed E-state index contributed by atoms with van der Waals surface area (Å²) in [6.07, 6.45) is -0.981. The molecule has 3 aromatic rings. The van der Waals surface area contributed by atoms with Crippen LogP contribution in [0.25, 0.3) is 11.4 Å². The van der Waals surface area contributed by atoms with Crippen LogP contribution in [0.4, 0.5) is 13.2 Å². The lowest BCUT2D eigenvalue weighted by molar-refractivity contribution is -0.141. The molecule has 0 spiro atoms. The van der Waals surface area contributed by atoms with Gasteiger partial charge in [-0.2, -0.15) is 23.3 Å². The average molecular weight is 394 g/mol. The van der Waals surface area contributed by atoms with Crippen molar-refractivity contribution in [2.75, 3.05) is 0 Å². The van der Waals surface area contributed by atoms with Gasteiger partial charge in [0, 0.05) is 31.1 Å². The summed E-state index contributed by atoms with van der Waals surface area (Å²) in [7, 11) is 1.26. The molecule has 0 radical (unpaired) electrons. The van der Waals surface area contributed by atoms with Crippen molar-refractivity contribution in [3.63, 3.8) is 0 Å². The van der Waals surface area contributed by atoms with Crippen molar-refractivity contribution in [1.82, 2.24) is 30.2 Å². The molecule has 3 heterocycles. The molecule has 0 saturated carbocycles. The Bertz CT molecular complexity index is 995. The van der Waals surface area contributed by atoms with E-state index in [1.807, 2.05) is 13.0 Å². The molecule has 1 atom stereocenters. The second kappa shape index (κ2) is 7.41. The topological polar surface area (TPSA) is 98.7 Å². The van der Waals surface area contributed by atoms with Gasteiger partial charge in [-0.25, -0.2) is 0 Å². The van der Waals surface area contributed by atoms with Crippen molar-refractivity contribution in [2.24, 2.45) is 7.05 Å². The Labute approximate surface area is 157 Å². The highest BCUT2D eigenvalue weighted by atomic mass is 19.4. The average Bonchev–Trinajstić information content (AvgIpc) is 3.26. The Kier molecular flexibility index (Phi) is 5.16. The van der Waals surface area contributed by atoms with Crippen molar-refractivity contribution < 1.29 is 22.5 Å². The molecule has 28 heavy (non-hydrogen) atoms. The Morgan fingerprint density at radius 2 is 2.07 bits per heavy atom. The Hall–Kier alpha value is -3.24. The quantitative estimate of drug-likeness (QED) is 0.714. The van der Waals surface area contributed by atoms with E-state index >= 15 is 0 Å². The number of nitrogens with zero attached hydrogens (tertiary/aromatic N) is 5. The molecule has 1 N–H and O–H groups in total. The maximum Gasteiger partial charge on any atom is 0.435 e. The zero-order valence-electron chi connectivity index (χ0n) is 15.3. The van der Waals surface area contributed by atoms with Crippen LogP contribution in [0, 0.1) is 6.92 Å². The molecule has 0 aliphatic carbocycles. The van der Waals surface area contributed by atoms with Crippen LogP contribution in [0.3, 0.4) is 0 Å². The molecule has 11 heteroatoms. The summed E-state index contributed by atoms with van der Waals surface area (Å²) in [5.41, 5.74) is 0.201. The SMILES string of the molecule is CC[C@H](NC(=O)c1cc(C(F)(F)F)nn1C)c1nc(-c2cncc(C)c2)no1. The minimum absolute atomic E-state index is 0.144. The molecule has 0 aromatic carbocycles. The van der Waals surface area contributed by atoms with Gasteiger partial charge in [0.1, 0.15) is 11.7 Å². The van der Waals surface area contributed by atoms with Gasteiger partial charge in [0.25, 0.3) is 5.91 Å². The predicted molar refractivity (Wildman–Crippen MR) is 91.0 cm³/mol. The number of pyridine rings is 1. The van der Waals surface area contributed by atoms with Gasteiger partial charge in [0.2, 0.25) is 11.7 Å².